The molecule has 0 bridgehead atoms. The minimum Gasteiger partial charge on any atom is -0.338 e. The third-order valence-corrected chi connectivity index (χ3v) is 4.84. The lowest BCUT2D eigenvalue weighted by Gasteiger charge is -2.29. The van der Waals surface area contributed by atoms with Crippen LogP contribution in [0.1, 0.15) is 25.1 Å². The first-order valence-electron chi connectivity index (χ1n) is 8.85. The lowest BCUT2D eigenvalue weighted by atomic mass is 10.0. The Kier molecular flexibility index (Phi) is 4.06. The van der Waals surface area contributed by atoms with Crippen molar-refractivity contribution in [3.05, 3.63) is 47.9 Å². The minimum atomic E-state index is -0.00959. The number of carbonyl (C=O) groups is 1. The zero-order chi connectivity index (χ0) is 18.3. The molecular formula is C19H22N6O. The van der Waals surface area contributed by atoms with E-state index in [2.05, 4.69) is 10.2 Å². The highest BCUT2D eigenvalue weighted by atomic mass is 16.2. The maximum absolute atomic E-state index is 12.5. The van der Waals surface area contributed by atoms with Crippen LogP contribution in [0.15, 0.2) is 36.7 Å². The Morgan fingerprint density at radius 2 is 1.96 bits per heavy atom. The number of hydrogen-bond donors (Lipinski definition) is 0. The Balaban J connectivity index is 1.77. The van der Waals surface area contributed by atoms with Crippen molar-refractivity contribution >= 4 is 5.91 Å². The summed E-state index contributed by atoms with van der Waals surface area (Å²) in [6.07, 6.45) is 2.50. The van der Waals surface area contributed by atoms with Crippen molar-refractivity contribution in [2.24, 2.45) is 13.0 Å². The molecule has 0 atom stereocenters. The SMILES string of the molecule is CC(C)C(=O)N1CCc2c(c(-c3nncn3-c3ccccc3)nn2C)C1. The van der Waals surface area contributed by atoms with Crippen molar-refractivity contribution in [2.45, 2.75) is 26.8 Å². The number of nitrogens with zero attached hydrogens (tertiary/aromatic N) is 6. The summed E-state index contributed by atoms with van der Waals surface area (Å²) in [6.45, 7) is 5.17. The Labute approximate surface area is 152 Å². The highest BCUT2D eigenvalue weighted by Gasteiger charge is 2.29. The first-order chi connectivity index (χ1) is 12.6. The molecule has 1 aliphatic heterocycles. The molecule has 0 aliphatic carbocycles. The van der Waals surface area contributed by atoms with E-state index in [4.69, 9.17) is 5.10 Å². The van der Waals surface area contributed by atoms with Gasteiger partial charge < -0.3 is 4.90 Å². The van der Waals surface area contributed by atoms with Crippen LogP contribution < -0.4 is 0 Å². The molecule has 1 aromatic carbocycles. The summed E-state index contributed by atoms with van der Waals surface area (Å²) in [5.74, 6) is 0.867. The number of amides is 1. The molecule has 0 N–H and O–H groups in total. The van der Waals surface area contributed by atoms with Crippen LogP contribution in [0, 0.1) is 5.92 Å². The standard InChI is InChI=1S/C19H22N6O/c1-13(2)19(26)24-10-9-16-15(11-24)17(22-23(16)3)18-21-20-12-25(18)14-7-5-4-6-8-14/h4-8,12-13H,9-11H2,1-3H3. The van der Waals surface area contributed by atoms with E-state index in [0.29, 0.717) is 12.4 Å². The van der Waals surface area contributed by atoms with Gasteiger partial charge in [0.15, 0.2) is 5.82 Å². The highest BCUT2D eigenvalue weighted by Crippen LogP contribution is 2.30. The Morgan fingerprint density at radius 3 is 2.69 bits per heavy atom. The largest absolute Gasteiger partial charge is 0.338 e. The Bertz CT molecular complexity index is 940. The first-order valence-corrected chi connectivity index (χ1v) is 8.85. The second-order valence-electron chi connectivity index (χ2n) is 6.92. The molecule has 3 heterocycles. The summed E-state index contributed by atoms with van der Waals surface area (Å²) in [4.78, 5) is 14.4. The van der Waals surface area contributed by atoms with Crippen molar-refractivity contribution in [3.8, 4) is 17.2 Å². The van der Waals surface area contributed by atoms with Gasteiger partial charge in [-0.3, -0.25) is 14.0 Å². The molecule has 0 unspecified atom stereocenters. The van der Waals surface area contributed by atoms with Crippen molar-refractivity contribution in [3.63, 3.8) is 0 Å². The average Bonchev–Trinajstić information content (AvgIpc) is 3.26. The van der Waals surface area contributed by atoms with Gasteiger partial charge in [0.1, 0.15) is 12.0 Å². The van der Waals surface area contributed by atoms with Crippen LogP contribution in [0.2, 0.25) is 0 Å². The lowest BCUT2D eigenvalue weighted by Crippen LogP contribution is -2.38. The number of aromatic nitrogens is 5. The fourth-order valence-electron chi connectivity index (χ4n) is 3.50. The smallest absolute Gasteiger partial charge is 0.225 e. The van der Waals surface area contributed by atoms with E-state index < -0.39 is 0 Å². The van der Waals surface area contributed by atoms with Crippen molar-refractivity contribution < 1.29 is 4.79 Å². The molecule has 0 fully saturated rings. The number of carbonyl (C=O) groups excluding carboxylic acids is 1. The minimum absolute atomic E-state index is 0.00959. The average molecular weight is 350 g/mol. The van der Waals surface area contributed by atoms with E-state index in [1.165, 1.54) is 0 Å². The number of hydrogen-bond acceptors (Lipinski definition) is 4. The quantitative estimate of drug-likeness (QED) is 0.726. The number of benzene rings is 1. The van der Waals surface area contributed by atoms with E-state index in [-0.39, 0.29) is 11.8 Å². The van der Waals surface area contributed by atoms with Crippen molar-refractivity contribution in [2.75, 3.05) is 6.54 Å². The molecule has 0 saturated carbocycles. The summed E-state index contributed by atoms with van der Waals surface area (Å²) in [5, 5.41) is 13.1. The normalized spacial score (nSPS) is 13.9. The van der Waals surface area contributed by atoms with Crippen LogP contribution in [-0.4, -0.2) is 41.9 Å². The summed E-state index contributed by atoms with van der Waals surface area (Å²) in [6, 6.07) is 9.96. The van der Waals surface area contributed by atoms with Gasteiger partial charge in [-0.25, -0.2) is 0 Å². The molecule has 0 saturated heterocycles. The zero-order valence-electron chi connectivity index (χ0n) is 15.3. The number of aryl methyl sites for hydroxylation is 1. The van der Waals surface area contributed by atoms with Crippen LogP contribution in [0.3, 0.4) is 0 Å². The molecule has 7 nitrogen and oxygen atoms in total. The summed E-state index contributed by atoms with van der Waals surface area (Å²) in [5.41, 5.74) is 4.01. The molecule has 134 valence electrons. The highest BCUT2D eigenvalue weighted by molar-refractivity contribution is 5.78. The van der Waals surface area contributed by atoms with Gasteiger partial charge in [0.05, 0.1) is 0 Å². The summed E-state index contributed by atoms with van der Waals surface area (Å²) < 4.78 is 3.84. The monoisotopic (exact) mass is 350 g/mol. The molecule has 0 spiro atoms. The van der Waals surface area contributed by atoms with Gasteiger partial charge in [-0.1, -0.05) is 32.0 Å². The molecule has 0 radical (unpaired) electrons. The topological polar surface area (TPSA) is 68.8 Å². The number of para-hydroxylation sites is 1. The van der Waals surface area contributed by atoms with E-state index in [1.54, 1.807) is 6.33 Å². The van der Waals surface area contributed by atoms with Gasteiger partial charge in [0.2, 0.25) is 5.91 Å². The van der Waals surface area contributed by atoms with Gasteiger partial charge in [0.25, 0.3) is 0 Å². The third kappa shape index (κ3) is 2.69. The predicted octanol–water partition coefficient (Wildman–Crippen LogP) is 2.21. The number of fused-ring (bicyclic) bond motifs is 1. The second-order valence-corrected chi connectivity index (χ2v) is 6.92. The van der Waals surface area contributed by atoms with Crippen LogP contribution in [0.25, 0.3) is 17.2 Å². The van der Waals surface area contributed by atoms with Crippen LogP contribution in [-0.2, 0) is 24.8 Å². The second kappa shape index (κ2) is 6.40. The van der Waals surface area contributed by atoms with Crippen LogP contribution in [0.5, 0.6) is 0 Å². The Hall–Kier alpha value is -2.96. The van der Waals surface area contributed by atoms with Gasteiger partial charge >= 0.3 is 0 Å². The number of rotatable bonds is 3. The van der Waals surface area contributed by atoms with E-state index >= 15 is 0 Å². The summed E-state index contributed by atoms with van der Waals surface area (Å²) >= 11 is 0. The van der Waals surface area contributed by atoms with E-state index in [1.807, 2.05) is 65.4 Å². The molecule has 7 heteroatoms. The van der Waals surface area contributed by atoms with Gasteiger partial charge in [0, 0.05) is 49.4 Å². The maximum Gasteiger partial charge on any atom is 0.225 e. The van der Waals surface area contributed by atoms with Crippen LogP contribution in [0.4, 0.5) is 0 Å². The van der Waals surface area contributed by atoms with E-state index in [0.717, 1.165) is 35.6 Å². The van der Waals surface area contributed by atoms with Crippen LogP contribution >= 0.6 is 0 Å². The first kappa shape index (κ1) is 16.5. The predicted molar refractivity (Wildman–Crippen MR) is 97.5 cm³/mol. The van der Waals surface area contributed by atoms with Crippen molar-refractivity contribution in [1.82, 2.24) is 29.4 Å². The fraction of sp³-hybridized carbons (Fsp3) is 0.368. The zero-order valence-corrected chi connectivity index (χ0v) is 15.3. The maximum atomic E-state index is 12.5. The Morgan fingerprint density at radius 1 is 1.19 bits per heavy atom. The van der Waals surface area contributed by atoms with Gasteiger partial charge in [-0.15, -0.1) is 10.2 Å². The van der Waals surface area contributed by atoms with E-state index in [9.17, 15) is 4.79 Å². The molecular weight excluding hydrogens is 328 g/mol. The van der Waals surface area contributed by atoms with Gasteiger partial charge in [-0.2, -0.15) is 5.10 Å². The molecule has 26 heavy (non-hydrogen) atoms. The van der Waals surface area contributed by atoms with Crippen molar-refractivity contribution in [1.29, 1.82) is 0 Å². The molecule has 1 aliphatic rings. The summed E-state index contributed by atoms with van der Waals surface area (Å²) in [7, 11) is 1.95. The third-order valence-electron chi connectivity index (χ3n) is 4.84. The fourth-order valence-corrected chi connectivity index (χ4v) is 3.50. The molecule has 1 amide bonds. The lowest BCUT2D eigenvalue weighted by molar-refractivity contribution is -0.135. The molecule has 4 rings (SSSR count). The molecule has 2 aromatic heterocycles. The molecule has 3 aromatic rings. The van der Waals surface area contributed by atoms with Gasteiger partial charge in [-0.05, 0) is 12.1 Å².